The second-order valence-corrected chi connectivity index (χ2v) is 6.22. The van der Waals surface area contributed by atoms with Crippen molar-refractivity contribution < 1.29 is 14.4 Å². The lowest BCUT2D eigenvalue weighted by atomic mass is 10.1. The maximum Gasteiger partial charge on any atom is 0.251 e. The van der Waals surface area contributed by atoms with Crippen LogP contribution < -0.4 is 21.7 Å². The van der Waals surface area contributed by atoms with E-state index in [9.17, 15) is 14.4 Å². The normalized spacial score (nSPS) is 11.3. The summed E-state index contributed by atoms with van der Waals surface area (Å²) >= 11 is 0. The molecule has 0 aliphatic rings. The minimum absolute atomic E-state index is 0. The molecule has 0 radical (unpaired) electrons. The van der Waals surface area contributed by atoms with Crippen molar-refractivity contribution in [3.8, 4) is 0 Å². The zero-order chi connectivity index (χ0) is 18.8. The van der Waals surface area contributed by atoms with Crippen molar-refractivity contribution in [3.05, 3.63) is 35.4 Å². The Hall–Kier alpha value is -2.12. The second kappa shape index (κ2) is 12.3. The Morgan fingerprint density at radius 2 is 1.81 bits per heavy atom. The third kappa shape index (κ3) is 8.31. The SMILES string of the molecule is CCCNC(=O)c1cccc(CNC(=O)CNC(=O)[C@@H](N)C(C)C)c1.Cl. The fraction of sp³-hybridized carbons (Fsp3) is 0.500. The molecule has 146 valence electrons. The van der Waals surface area contributed by atoms with Crippen molar-refractivity contribution in [3.63, 3.8) is 0 Å². The molecule has 1 rings (SSSR count). The number of halogens is 1. The average molecular weight is 385 g/mol. The van der Waals surface area contributed by atoms with Gasteiger partial charge in [-0.15, -0.1) is 12.4 Å². The molecule has 1 atom stereocenters. The topological polar surface area (TPSA) is 113 Å². The number of nitrogens with two attached hydrogens (primary N) is 1. The number of hydrogen-bond acceptors (Lipinski definition) is 4. The van der Waals surface area contributed by atoms with Gasteiger partial charge in [-0.25, -0.2) is 0 Å². The molecule has 7 nitrogen and oxygen atoms in total. The number of benzene rings is 1. The van der Waals surface area contributed by atoms with Crippen LogP contribution in [0.1, 0.15) is 43.1 Å². The van der Waals surface area contributed by atoms with Crippen LogP contribution in [0.3, 0.4) is 0 Å². The van der Waals surface area contributed by atoms with E-state index < -0.39 is 6.04 Å². The largest absolute Gasteiger partial charge is 0.352 e. The highest BCUT2D eigenvalue weighted by Gasteiger charge is 2.17. The summed E-state index contributed by atoms with van der Waals surface area (Å²) in [6, 6.07) is 6.42. The quantitative estimate of drug-likeness (QED) is 0.507. The first-order valence-corrected chi connectivity index (χ1v) is 8.52. The molecule has 8 heteroatoms. The minimum atomic E-state index is -0.633. The van der Waals surface area contributed by atoms with Gasteiger partial charge in [0.15, 0.2) is 0 Å². The molecule has 3 amide bonds. The highest BCUT2D eigenvalue weighted by Crippen LogP contribution is 2.05. The Kier molecular flexibility index (Phi) is 11.3. The summed E-state index contributed by atoms with van der Waals surface area (Å²) in [6.45, 7) is 6.44. The Balaban J connectivity index is 0.00000625. The number of nitrogens with one attached hydrogen (secondary N) is 3. The number of rotatable bonds is 9. The van der Waals surface area contributed by atoms with Gasteiger partial charge in [0.1, 0.15) is 0 Å². The fourth-order valence-electron chi connectivity index (χ4n) is 2.01. The number of amides is 3. The Bertz CT molecular complexity index is 608. The summed E-state index contributed by atoms with van der Waals surface area (Å²) in [7, 11) is 0. The standard InChI is InChI=1S/C18H28N4O3.ClH/c1-4-8-20-17(24)14-7-5-6-13(9-14)10-21-15(23)11-22-18(25)16(19)12(2)3;/h5-7,9,12,16H,4,8,10-11,19H2,1-3H3,(H,20,24)(H,21,23)(H,22,25);1H/t16-;/m0./s1. The van der Waals surface area contributed by atoms with Crippen LogP contribution in [-0.2, 0) is 16.1 Å². The minimum Gasteiger partial charge on any atom is -0.352 e. The first-order valence-electron chi connectivity index (χ1n) is 8.52. The molecular weight excluding hydrogens is 356 g/mol. The molecule has 0 heterocycles. The summed E-state index contributed by atoms with van der Waals surface area (Å²) in [5.74, 6) is -0.792. The third-order valence-corrected chi connectivity index (χ3v) is 3.66. The Labute approximate surface area is 160 Å². The van der Waals surface area contributed by atoms with Crippen molar-refractivity contribution in [1.29, 1.82) is 0 Å². The van der Waals surface area contributed by atoms with Crippen molar-refractivity contribution >= 4 is 30.1 Å². The van der Waals surface area contributed by atoms with Gasteiger partial charge in [-0.3, -0.25) is 14.4 Å². The average Bonchev–Trinajstić information content (AvgIpc) is 2.61. The van der Waals surface area contributed by atoms with Gasteiger partial charge in [0.2, 0.25) is 11.8 Å². The monoisotopic (exact) mass is 384 g/mol. The van der Waals surface area contributed by atoms with E-state index in [2.05, 4.69) is 16.0 Å². The van der Waals surface area contributed by atoms with Gasteiger partial charge in [-0.1, -0.05) is 32.9 Å². The van der Waals surface area contributed by atoms with E-state index >= 15 is 0 Å². The van der Waals surface area contributed by atoms with Crippen LogP contribution in [0.4, 0.5) is 0 Å². The van der Waals surface area contributed by atoms with E-state index in [1.165, 1.54) is 0 Å². The molecule has 0 saturated carbocycles. The van der Waals surface area contributed by atoms with Crippen LogP contribution >= 0.6 is 12.4 Å². The molecule has 0 bridgehead atoms. The molecule has 0 fully saturated rings. The molecule has 5 N–H and O–H groups in total. The lowest BCUT2D eigenvalue weighted by molar-refractivity contribution is -0.127. The van der Waals surface area contributed by atoms with Crippen molar-refractivity contribution in [2.24, 2.45) is 11.7 Å². The number of carbonyl (C=O) groups excluding carboxylic acids is 3. The summed E-state index contributed by atoms with van der Waals surface area (Å²) in [5.41, 5.74) is 7.07. The smallest absolute Gasteiger partial charge is 0.251 e. The summed E-state index contributed by atoms with van der Waals surface area (Å²) in [4.78, 5) is 35.5. The first kappa shape index (κ1) is 23.9. The highest BCUT2D eigenvalue weighted by molar-refractivity contribution is 5.94. The van der Waals surface area contributed by atoms with Gasteiger partial charge < -0.3 is 21.7 Å². The fourth-order valence-corrected chi connectivity index (χ4v) is 2.01. The summed E-state index contributed by atoms with van der Waals surface area (Å²) in [5, 5.41) is 8.03. The van der Waals surface area contributed by atoms with Crippen LogP contribution in [0, 0.1) is 5.92 Å². The molecule has 0 spiro atoms. The van der Waals surface area contributed by atoms with E-state index in [-0.39, 0.29) is 49.1 Å². The van der Waals surface area contributed by atoms with E-state index in [1.54, 1.807) is 18.2 Å². The molecule has 0 unspecified atom stereocenters. The maximum absolute atomic E-state index is 11.9. The van der Waals surface area contributed by atoms with Crippen LogP contribution in [0.5, 0.6) is 0 Å². The second-order valence-electron chi connectivity index (χ2n) is 6.22. The van der Waals surface area contributed by atoms with Gasteiger partial charge in [-0.05, 0) is 30.0 Å². The van der Waals surface area contributed by atoms with E-state index in [0.717, 1.165) is 12.0 Å². The predicted octanol–water partition coefficient (Wildman–Crippen LogP) is 0.964. The predicted molar refractivity (Wildman–Crippen MR) is 104 cm³/mol. The molecule has 1 aromatic carbocycles. The van der Waals surface area contributed by atoms with Crippen LogP contribution in [0.2, 0.25) is 0 Å². The third-order valence-electron chi connectivity index (χ3n) is 3.66. The Morgan fingerprint density at radius 1 is 1.12 bits per heavy atom. The van der Waals surface area contributed by atoms with Crippen LogP contribution in [0.15, 0.2) is 24.3 Å². The van der Waals surface area contributed by atoms with Crippen molar-refractivity contribution in [1.82, 2.24) is 16.0 Å². The zero-order valence-electron chi connectivity index (χ0n) is 15.5. The van der Waals surface area contributed by atoms with Gasteiger partial charge >= 0.3 is 0 Å². The zero-order valence-corrected chi connectivity index (χ0v) is 16.3. The molecule has 0 aliphatic heterocycles. The summed E-state index contributed by atoms with van der Waals surface area (Å²) in [6.07, 6.45) is 0.869. The van der Waals surface area contributed by atoms with Gasteiger partial charge in [0.25, 0.3) is 5.91 Å². The molecule has 1 aromatic rings. The van der Waals surface area contributed by atoms with Crippen LogP contribution in [0.25, 0.3) is 0 Å². The van der Waals surface area contributed by atoms with Gasteiger partial charge in [0, 0.05) is 18.7 Å². The summed E-state index contributed by atoms with van der Waals surface area (Å²) < 4.78 is 0. The molecule has 0 saturated heterocycles. The molecule has 0 aromatic heterocycles. The number of hydrogen-bond donors (Lipinski definition) is 4. The van der Waals surface area contributed by atoms with Crippen molar-refractivity contribution in [2.75, 3.05) is 13.1 Å². The van der Waals surface area contributed by atoms with Crippen LogP contribution in [-0.4, -0.2) is 36.9 Å². The lowest BCUT2D eigenvalue weighted by Gasteiger charge is -2.15. The molecule has 0 aliphatic carbocycles. The lowest BCUT2D eigenvalue weighted by Crippen LogP contribution is -2.47. The van der Waals surface area contributed by atoms with E-state index in [4.69, 9.17) is 5.73 Å². The first-order chi connectivity index (χ1) is 11.8. The van der Waals surface area contributed by atoms with E-state index in [0.29, 0.717) is 12.1 Å². The van der Waals surface area contributed by atoms with E-state index in [1.807, 2.05) is 26.8 Å². The van der Waals surface area contributed by atoms with Crippen molar-refractivity contribution in [2.45, 2.75) is 39.8 Å². The molecular formula is C18H29ClN4O3. The molecule has 26 heavy (non-hydrogen) atoms. The highest BCUT2D eigenvalue weighted by atomic mass is 35.5. The van der Waals surface area contributed by atoms with Gasteiger partial charge in [0.05, 0.1) is 12.6 Å². The number of carbonyl (C=O) groups is 3. The maximum atomic E-state index is 11.9. The van der Waals surface area contributed by atoms with Gasteiger partial charge in [-0.2, -0.15) is 0 Å². The Morgan fingerprint density at radius 3 is 2.42 bits per heavy atom.